The van der Waals surface area contributed by atoms with Crippen molar-refractivity contribution in [2.24, 2.45) is 7.05 Å². The van der Waals surface area contributed by atoms with Crippen LogP contribution in [0, 0.1) is 25.7 Å². The number of aryl methyl sites for hydroxylation is 3. The minimum atomic E-state index is -0.668. The van der Waals surface area contributed by atoms with E-state index >= 15 is 0 Å². The second kappa shape index (κ2) is 10.9. The molecule has 6 rings (SSSR count). The lowest BCUT2D eigenvalue weighted by Gasteiger charge is -2.20. The number of H-pyrrole nitrogens is 1. The van der Waals surface area contributed by atoms with Crippen molar-refractivity contribution < 1.29 is 4.79 Å². The molecule has 216 valence electrons. The number of nitrogens with zero attached hydrogens (tertiary/aromatic N) is 8. The van der Waals surface area contributed by atoms with E-state index in [1.165, 1.54) is 4.52 Å². The molecule has 0 radical (unpaired) electrons. The summed E-state index contributed by atoms with van der Waals surface area (Å²) in [4.78, 5) is 44.0. The van der Waals surface area contributed by atoms with Crippen LogP contribution in [0.2, 0.25) is 0 Å². The Balaban J connectivity index is 1.42. The van der Waals surface area contributed by atoms with Gasteiger partial charge in [-0.15, -0.1) is 5.10 Å². The average Bonchev–Trinajstić information content (AvgIpc) is 3.71. The monoisotopic (exact) mass is 575 g/mol. The molecule has 4 N–H and O–H groups in total. The van der Waals surface area contributed by atoms with Crippen LogP contribution in [-0.2, 0) is 20.0 Å². The van der Waals surface area contributed by atoms with Crippen molar-refractivity contribution in [3.05, 3.63) is 99.1 Å². The minimum Gasteiger partial charge on any atom is -0.381 e. The molecule has 0 spiro atoms. The van der Waals surface area contributed by atoms with Gasteiger partial charge in [-0.2, -0.15) is 5.10 Å². The van der Waals surface area contributed by atoms with Crippen LogP contribution in [-0.4, -0.2) is 49.8 Å². The number of rotatable bonds is 6. The van der Waals surface area contributed by atoms with Crippen LogP contribution in [0.4, 0.5) is 5.82 Å². The van der Waals surface area contributed by atoms with Gasteiger partial charge in [-0.05, 0) is 39.0 Å². The number of fused-ring (bicyclic) bond motifs is 2. The molecule has 1 atom stereocenters. The summed E-state index contributed by atoms with van der Waals surface area (Å²) < 4.78 is 4.85. The zero-order valence-corrected chi connectivity index (χ0v) is 24.1. The van der Waals surface area contributed by atoms with Crippen LogP contribution in [0.5, 0.6) is 0 Å². The van der Waals surface area contributed by atoms with Crippen molar-refractivity contribution in [3.8, 4) is 11.8 Å². The van der Waals surface area contributed by atoms with E-state index in [-0.39, 0.29) is 16.9 Å². The average molecular weight is 576 g/mol. The minimum absolute atomic E-state index is 0.0571. The molecule has 0 saturated carbocycles. The predicted molar refractivity (Wildman–Crippen MR) is 160 cm³/mol. The lowest BCUT2D eigenvalue weighted by atomic mass is 10.1. The van der Waals surface area contributed by atoms with Gasteiger partial charge in [0, 0.05) is 49.4 Å². The molecule has 1 amide bonds. The van der Waals surface area contributed by atoms with Gasteiger partial charge in [-0.3, -0.25) is 18.8 Å². The van der Waals surface area contributed by atoms with E-state index in [0.717, 1.165) is 22.6 Å². The first kappa shape index (κ1) is 27.4. The van der Waals surface area contributed by atoms with Gasteiger partial charge in [0.25, 0.3) is 11.5 Å². The first-order valence-electron chi connectivity index (χ1n) is 13.6. The first-order chi connectivity index (χ1) is 20.7. The molecule has 1 aromatic carbocycles. The molecule has 5 aromatic heterocycles. The Hall–Kier alpha value is -5.77. The fourth-order valence-electron chi connectivity index (χ4n) is 4.97. The number of aromatic nitrogens is 9. The third kappa shape index (κ3) is 4.99. The van der Waals surface area contributed by atoms with Crippen molar-refractivity contribution in [1.29, 1.82) is 0 Å². The molecule has 0 aliphatic carbocycles. The topological polar surface area (TPSA) is 167 Å². The Bertz CT molecular complexity index is 2120. The summed E-state index contributed by atoms with van der Waals surface area (Å²) in [6.07, 6.45) is 7.09. The summed E-state index contributed by atoms with van der Waals surface area (Å²) in [5, 5.41) is 11.9. The zero-order valence-electron chi connectivity index (χ0n) is 24.1. The standard InChI is InChI=1S/C30H29N11O2/c1-17-10-12-33-28-25(26(31)38-41(17)28)29(42)36-18(2)27-37-23-7-5-6-20(8-9-21-14-35-39(4)19(21)3)24(23)30(43)40(27)13-11-22-15-32-16-34-22/h5-7,10,12,14-16,18H,11,13H2,1-4H3,(H2,31,38)(H,32,34)(H,36,42). The van der Waals surface area contributed by atoms with E-state index in [0.29, 0.717) is 40.9 Å². The Morgan fingerprint density at radius 3 is 2.72 bits per heavy atom. The Kier molecular flexibility index (Phi) is 6.95. The van der Waals surface area contributed by atoms with Gasteiger partial charge in [0.15, 0.2) is 11.5 Å². The highest BCUT2D eigenvalue weighted by Gasteiger charge is 2.25. The third-order valence-corrected chi connectivity index (χ3v) is 7.44. The molecule has 6 aromatic rings. The molecule has 0 aliphatic heterocycles. The number of hydrogen-bond donors (Lipinski definition) is 3. The van der Waals surface area contributed by atoms with E-state index in [1.54, 1.807) is 59.3 Å². The molecule has 0 bridgehead atoms. The fourth-order valence-corrected chi connectivity index (χ4v) is 4.97. The summed E-state index contributed by atoms with van der Waals surface area (Å²) in [5.41, 5.74) is 10.7. The van der Waals surface area contributed by atoms with Gasteiger partial charge in [0.2, 0.25) is 0 Å². The van der Waals surface area contributed by atoms with Gasteiger partial charge in [0.05, 0.1) is 40.7 Å². The second-order valence-corrected chi connectivity index (χ2v) is 10.2. The summed E-state index contributed by atoms with van der Waals surface area (Å²) in [5.74, 6) is 6.26. The maximum atomic E-state index is 14.2. The summed E-state index contributed by atoms with van der Waals surface area (Å²) >= 11 is 0. The van der Waals surface area contributed by atoms with Crippen LogP contribution in [0.3, 0.4) is 0 Å². The highest BCUT2D eigenvalue weighted by Crippen LogP contribution is 2.21. The number of carbonyl (C=O) groups is 1. The molecule has 1 unspecified atom stereocenters. The number of hydrogen-bond acceptors (Lipinski definition) is 8. The van der Waals surface area contributed by atoms with Gasteiger partial charge < -0.3 is 16.0 Å². The molecular formula is C30H29N11O2. The number of carbonyl (C=O) groups excluding carboxylic acids is 1. The number of amides is 1. The summed E-state index contributed by atoms with van der Waals surface area (Å²) in [6, 6.07) is 6.49. The molecule has 13 heteroatoms. The SMILES string of the molecule is Cc1c(C#Cc2cccc3nc(C(C)NC(=O)c4c(N)nn5c(C)ccnc45)n(CCc4cnc[nH]4)c(=O)c23)cnn1C. The van der Waals surface area contributed by atoms with Crippen LogP contribution >= 0.6 is 0 Å². The number of imidazole rings is 1. The maximum absolute atomic E-state index is 14.2. The highest BCUT2D eigenvalue weighted by atomic mass is 16.2. The molecule has 43 heavy (non-hydrogen) atoms. The largest absolute Gasteiger partial charge is 0.381 e. The lowest BCUT2D eigenvalue weighted by Crippen LogP contribution is -2.34. The predicted octanol–water partition coefficient (Wildman–Crippen LogP) is 2.23. The van der Waals surface area contributed by atoms with Crippen molar-refractivity contribution >= 4 is 28.3 Å². The lowest BCUT2D eigenvalue weighted by molar-refractivity contribution is 0.0939. The van der Waals surface area contributed by atoms with Gasteiger partial charge in [-0.25, -0.2) is 19.5 Å². The Morgan fingerprint density at radius 1 is 1.16 bits per heavy atom. The second-order valence-electron chi connectivity index (χ2n) is 10.2. The number of benzene rings is 1. The first-order valence-corrected chi connectivity index (χ1v) is 13.6. The molecule has 0 saturated heterocycles. The Morgan fingerprint density at radius 2 is 1.98 bits per heavy atom. The van der Waals surface area contributed by atoms with E-state index in [4.69, 9.17) is 10.7 Å². The fraction of sp³-hybridized carbons (Fsp3) is 0.233. The van der Waals surface area contributed by atoms with E-state index in [9.17, 15) is 9.59 Å². The van der Waals surface area contributed by atoms with Crippen LogP contribution in [0.1, 0.15) is 57.4 Å². The molecule has 0 fully saturated rings. The number of anilines is 1. The number of nitrogens with one attached hydrogen (secondary N) is 2. The highest BCUT2D eigenvalue weighted by molar-refractivity contribution is 6.04. The van der Waals surface area contributed by atoms with Gasteiger partial charge >= 0.3 is 0 Å². The number of nitrogen functional groups attached to an aromatic ring is 1. The van der Waals surface area contributed by atoms with Crippen molar-refractivity contribution in [2.45, 2.75) is 39.8 Å². The molecule has 5 heterocycles. The van der Waals surface area contributed by atoms with Crippen molar-refractivity contribution in [2.75, 3.05) is 5.73 Å². The molecular weight excluding hydrogens is 546 g/mol. The number of aromatic amines is 1. The van der Waals surface area contributed by atoms with E-state index in [2.05, 4.69) is 42.3 Å². The normalized spacial score (nSPS) is 11.9. The van der Waals surface area contributed by atoms with Gasteiger partial charge in [0.1, 0.15) is 11.4 Å². The van der Waals surface area contributed by atoms with Crippen LogP contribution in [0.15, 0.2) is 54.0 Å². The van der Waals surface area contributed by atoms with Crippen LogP contribution < -0.4 is 16.6 Å². The van der Waals surface area contributed by atoms with Crippen molar-refractivity contribution in [1.82, 2.24) is 49.2 Å². The molecule has 13 nitrogen and oxygen atoms in total. The Labute approximate surface area is 245 Å². The number of nitrogens with two attached hydrogens (primary N) is 1. The van der Waals surface area contributed by atoms with E-state index < -0.39 is 11.9 Å². The van der Waals surface area contributed by atoms with Crippen molar-refractivity contribution in [3.63, 3.8) is 0 Å². The summed E-state index contributed by atoms with van der Waals surface area (Å²) in [7, 11) is 1.85. The zero-order chi connectivity index (χ0) is 30.2. The maximum Gasteiger partial charge on any atom is 0.262 e. The van der Waals surface area contributed by atoms with Gasteiger partial charge in [-0.1, -0.05) is 17.9 Å². The summed E-state index contributed by atoms with van der Waals surface area (Å²) in [6.45, 7) is 5.85. The smallest absolute Gasteiger partial charge is 0.262 e. The quantitative estimate of drug-likeness (QED) is 0.254. The van der Waals surface area contributed by atoms with E-state index in [1.807, 2.05) is 27.0 Å². The molecule has 0 aliphatic rings. The van der Waals surface area contributed by atoms with Crippen LogP contribution in [0.25, 0.3) is 16.6 Å². The third-order valence-electron chi connectivity index (χ3n) is 7.44.